The molecule has 2 heterocycles. The molecule has 0 N–H and O–H groups in total. The SMILES string of the molecule is CCCN(C1=N[C@H]2CS(=O)(=O)C[C@H]2S1)c1ccc(C(C)C)cc1. The van der Waals surface area contributed by atoms with Crippen LogP contribution in [0.25, 0.3) is 0 Å². The van der Waals surface area contributed by atoms with Crippen molar-refractivity contribution < 1.29 is 8.42 Å². The first-order valence-electron chi connectivity index (χ1n) is 8.22. The van der Waals surface area contributed by atoms with Crippen molar-refractivity contribution in [1.29, 1.82) is 0 Å². The predicted octanol–water partition coefficient (Wildman–Crippen LogP) is 3.29. The second-order valence-electron chi connectivity index (χ2n) is 6.61. The third-order valence-electron chi connectivity index (χ3n) is 4.35. The van der Waals surface area contributed by atoms with E-state index < -0.39 is 9.84 Å². The lowest BCUT2D eigenvalue weighted by molar-refractivity contribution is 0.601. The van der Waals surface area contributed by atoms with Crippen LogP contribution < -0.4 is 4.90 Å². The second kappa shape index (κ2) is 6.48. The van der Waals surface area contributed by atoms with Crippen molar-refractivity contribution in [1.82, 2.24) is 0 Å². The molecule has 2 aliphatic heterocycles. The fraction of sp³-hybridized carbons (Fsp3) is 0.588. The first kappa shape index (κ1) is 16.8. The molecule has 1 aromatic rings. The van der Waals surface area contributed by atoms with Crippen LogP contribution in [-0.2, 0) is 9.84 Å². The van der Waals surface area contributed by atoms with Crippen molar-refractivity contribution in [3.05, 3.63) is 29.8 Å². The summed E-state index contributed by atoms with van der Waals surface area (Å²) in [6.07, 6.45) is 1.03. The van der Waals surface area contributed by atoms with Crippen LogP contribution in [0.2, 0.25) is 0 Å². The third-order valence-corrected chi connectivity index (χ3v) is 7.60. The topological polar surface area (TPSA) is 49.7 Å². The normalized spacial score (nSPS) is 25.5. The van der Waals surface area contributed by atoms with Gasteiger partial charge in [0.05, 0.1) is 17.5 Å². The monoisotopic (exact) mass is 352 g/mol. The zero-order valence-corrected chi connectivity index (χ0v) is 15.5. The smallest absolute Gasteiger partial charge is 0.164 e. The molecular weight excluding hydrogens is 328 g/mol. The van der Waals surface area contributed by atoms with Crippen molar-refractivity contribution in [3.63, 3.8) is 0 Å². The molecule has 0 radical (unpaired) electrons. The summed E-state index contributed by atoms with van der Waals surface area (Å²) in [5.41, 5.74) is 2.47. The van der Waals surface area contributed by atoms with Gasteiger partial charge in [-0.25, -0.2) is 8.42 Å². The fourth-order valence-electron chi connectivity index (χ4n) is 3.07. The van der Waals surface area contributed by atoms with Gasteiger partial charge in [0.15, 0.2) is 15.0 Å². The molecule has 0 bridgehead atoms. The molecule has 0 unspecified atom stereocenters. The van der Waals surface area contributed by atoms with Gasteiger partial charge in [-0.1, -0.05) is 44.7 Å². The summed E-state index contributed by atoms with van der Waals surface area (Å²) in [5, 5.41) is 1.08. The van der Waals surface area contributed by atoms with E-state index in [0.717, 1.165) is 23.8 Å². The number of nitrogens with zero attached hydrogens (tertiary/aromatic N) is 2. The van der Waals surface area contributed by atoms with Crippen molar-refractivity contribution in [2.24, 2.45) is 4.99 Å². The average molecular weight is 353 g/mol. The van der Waals surface area contributed by atoms with Gasteiger partial charge in [0.25, 0.3) is 0 Å². The summed E-state index contributed by atoms with van der Waals surface area (Å²) < 4.78 is 23.4. The quantitative estimate of drug-likeness (QED) is 0.834. The summed E-state index contributed by atoms with van der Waals surface area (Å²) in [6, 6.07) is 8.59. The molecule has 2 aliphatic rings. The van der Waals surface area contributed by atoms with Crippen LogP contribution in [0.3, 0.4) is 0 Å². The predicted molar refractivity (Wildman–Crippen MR) is 99.4 cm³/mol. The minimum Gasteiger partial charge on any atom is -0.321 e. The van der Waals surface area contributed by atoms with Gasteiger partial charge in [-0.2, -0.15) is 0 Å². The van der Waals surface area contributed by atoms with Gasteiger partial charge in [0.2, 0.25) is 0 Å². The maximum Gasteiger partial charge on any atom is 0.164 e. The van der Waals surface area contributed by atoms with Gasteiger partial charge in [-0.15, -0.1) is 0 Å². The van der Waals surface area contributed by atoms with Crippen LogP contribution >= 0.6 is 11.8 Å². The molecule has 0 aromatic heterocycles. The zero-order chi connectivity index (χ0) is 16.6. The first-order valence-corrected chi connectivity index (χ1v) is 10.9. The van der Waals surface area contributed by atoms with E-state index in [9.17, 15) is 8.42 Å². The number of sulfone groups is 1. The number of benzene rings is 1. The van der Waals surface area contributed by atoms with E-state index in [0.29, 0.717) is 5.92 Å². The summed E-state index contributed by atoms with van der Waals surface area (Å²) in [5.74, 6) is 0.994. The lowest BCUT2D eigenvalue weighted by Crippen LogP contribution is -2.29. The Balaban J connectivity index is 1.83. The minimum atomic E-state index is -2.89. The highest BCUT2D eigenvalue weighted by Crippen LogP contribution is 2.37. The Morgan fingerprint density at radius 1 is 1.26 bits per heavy atom. The third kappa shape index (κ3) is 3.58. The molecule has 6 heteroatoms. The Kier molecular flexibility index (Phi) is 4.74. The van der Waals surface area contributed by atoms with E-state index in [1.165, 1.54) is 5.56 Å². The molecule has 126 valence electrons. The first-order chi connectivity index (χ1) is 10.9. The highest BCUT2D eigenvalue weighted by molar-refractivity contribution is 8.15. The van der Waals surface area contributed by atoms with E-state index >= 15 is 0 Å². The van der Waals surface area contributed by atoms with Gasteiger partial charge in [-0.3, -0.25) is 4.99 Å². The fourth-order valence-corrected chi connectivity index (χ4v) is 6.88. The highest BCUT2D eigenvalue weighted by Gasteiger charge is 2.43. The van der Waals surface area contributed by atoms with Crippen LogP contribution in [0.5, 0.6) is 0 Å². The Hall–Kier alpha value is -1.01. The van der Waals surface area contributed by atoms with Gasteiger partial charge >= 0.3 is 0 Å². The molecule has 1 aromatic carbocycles. The number of hydrogen-bond donors (Lipinski definition) is 0. The molecule has 2 atom stereocenters. The second-order valence-corrected chi connectivity index (χ2v) is 9.97. The largest absolute Gasteiger partial charge is 0.321 e. The van der Waals surface area contributed by atoms with Gasteiger partial charge in [0.1, 0.15) is 0 Å². The lowest BCUT2D eigenvalue weighted by Gasteiger charge is -2.24. The van der Waals surface area contributed by atoms with Crippen LogP contribution in [0, 0.1) is 0 Å². The maximum absolute atomic E-state index is 11.7. The summed E-state index contributed by atoms with van der Waals surface area (Å²) in [4.78, 5) is 6.96. The number of hydrogen-bond acceptors (Lipinski definition) is 5. The molecule has 0 spiro atoms. The molecule has 3 rings (SSSR count). The number of rotatable bonds is 4. The molecule has 0 saturated carbocycles. The molecule has 23 heavy (non-hydrogen) atoms. The number of thioether (sulfide) groups is 1. The molecular formula is C17H24N2O2S2. The average Bonchev–Trinajstić information content (AvgIpc) is 2.98. The van der Waals surface area contributed by atoms with Crippen LogP contribution in [0.15, 0.2) is 29.3 Å². The molecule has 0 aliphatic carbocycles. The number of anilines is 1. The van der Waals surface area contributed by atoms with Crippen molar-refractivity contribution in [2.45, 2.75) is 44.4 Å². The Morgan fingerprint density at radius 3 is 2.52 bits per heavy atom. The van der Waals surface area contributed by atoms with Gasteiger partial charge < -0.3 is 4.90 Å². The van der Waals surface area contributed by atoms with E-state index in [1.807, 2.05) is 0 Å². The van der Waals surface area contributed by atoms with Crippen LogP contribution in [-0.4, -0.2) is 42.9 Å². The maximum atomic E-state index is 11.7. The standard InChI is InChI=1S/C17H24N2O2S2/c1-4-9-19(14-7-5-13(6-8-14)12(2)3)17-18-15-10-23(20,21)11-16(15)22-17/h5-8,12,15-16H,4,9-11H2,1-3H3/t15-,16+/m0/s1. The molecule has 0 amide bonds. The highest BCUT2D eigenvalue weighted by atomic mass is 32.2. The van der Waals surface area contributed by atoms with E-state index in [4.69, 9.17) is 4.99 Å². The summed E-state index contributed by atoms with van der Waals surface area (Å²) in [7, 11) is -2.89. The van der Waals surface area contributed by atoms with Gasteiger partial charge in [0, 0.05) is 17.5 Å². The van der Waals surface area contributed by atoms with E-state index in [1.54, 1.807) is 11.8 Å². The summed E-state index contributed by atoms with van der Waals surface area (Å²) >= 11 is 1.63. The van der Waals surface area contributed by atoms with Crippen molar-refractivity contribution in [2.75, 3.05) is 23.0 Å². The Morgan fingerprint density at radius 2 is 1.96 bits per heavy atom. The molecule has 1 saturated heterocycles. The van der Waals surface area contributed by atoms with Crippen molar-refractivity contribution >= 4 is 32.5 Å². The van der Waals surface area contributed by atoms with Crippen LogP contribution in [0.4, 0.5) is 5.69 Å². The molecule has 4 nitrogen and oxygen atoms in total. The molecule has 1 fully saturated rings. The Labute approximate surface area is 143 Å². The minimum absolute atomic E-state index is 0.0608. The van der Waals surface area contributed by atoms with Crippen molar-refractivity contribution in [3.8, 4) is 0 Å². The Bertz CT molecular complexity index is 696. The number of amidine groups is 1. The van der Waals surface area contributed by atoms with Crippen LogP contribution in [0.1, 0.15) is 38.7 Å². The zero-order valence-electron chi connectivity index (χ0n) is 13.9. The number of aliphatic imine (C=N–C) groups is 1. The van der Waals surface area contributed by atoms with E-state index in [2.05, 4.69) is 49.9 Å². The van der Waals surface area contributed by atoms with Gasteiger partial charge in [-0.05, 0) is 30.0 Å². The summed E-state index contributed by atoms with van der Waals surface area (Å²) in [6.45, 7) is 7.44. The lowest BCUT2D eigenvalue weighted by atomic mass is 10.0. The van der Waals surface area contributed by atoms with E-state index in [-0.39, 0.29) is 22.8 Å². The number of fused-ring (bicyclic) bond motifs is 1.